The summed E-state index contributed by atoms with van der Waals surface area (Å²) in [6.07, 6.45) is 0.730. The molecule has 0 spiro atoms. The van der Waals surface area contributed by atoms with Crippen molar-refractivity contribution in [3.63, 3.8) is 0 Å². The number of aromatic nitrogens is 3. The van der Waals surface area contributed by atoms with Gasteiger partial charge in [0.1, 0.15) is 37.9 Å². The van der Waals surface area contributed by atoms with Gasteiger partial charge in [-0.25, -0.2) is 15.4 Å². The van der Waals surface area contributed by atoms with Crippen molar-refractivity contribution in [3.05, 3.63) is 18.1 Å². The van der Waals surface area contributed by atoms with Crippen LogP contribution in [0.25, 0.3) is 11.0 Å². The first-order valence-corrected chi connectivity index (χ1v) is 13.4. The van der Waals surface area contributed by atoms with Gasteiger partial charge in [-0.3, -0.25) is 4.84 Å². The van der Waals surface area contributed by atoms with Gasteiger partial charge in [0.25, 0.3) is 0 Å². The first-order chi connectivity index (χ1) is 14.2. The standard InChI is InChI=1S/C20H30N4O5Si/c1-7-28-23-17-15-13(8-9-30(4,5)6)10-24(18(15)22-12-21-17)19-20(2,27-3)16(26)14(11-25)29-19/h10,12,14,16,19,25-26H,7,11H2,1-6H3,(H,21,22,23)/t14?,16?,19-,20?/m1/s1. The second-order valence-corrected chi connectivity index (χ2v) is 13.2. The summed E-state index contributed by atoms with van der Waals surface area (Å²) in [5.41, 5.74) is 6.42. The van der Waals surface area contributed by atoms with Crippen LogP contribution in [0.1, 0.15) is 25.6 Å². The molecule has 0 saturated carbocycles. The fraction of sp³-hybridized carbons (Fsp3) is 0.600. The molecule has 1 saturated heterocycles. The van der Waals surface area contributed by atoms with Gasteiger partial charge in [0.05, 0.1) is 24.2 Å². The lowest BCUT2D eigenvalue weighted by Gasteiger charge is -2.31. The van der Waals surface area contributed by atoms with Gasteiger partial charge in [0.15, 0.2) is 12.0 Å². The molecule has 30 heavy (non-hydrogen) atoms. The van der Waals surface area contributed by atoms with E-state index in [0.717, 1.165) is 5.56 Å². The van der Waals surface area contributed by atoms with E-state index in [1.807, 2.05) is 13.1 Å². The molecule has 9 nitrogen and oxygen atoms in total. The fourth-order valence-corrected chi connectivity index (χ4v) is 3.94. The van der Waals surface area contributed by atoms with Crippen LogP contribution in [0.2, 0.25) is 19.6 Å². The Kier molecular flexibility index (Phi) is 6.52. The number of methoxy groups -OCH3 is 1. The van der Waals surface area contributed by atoms with Gasteiger partial charge in [-0.05, 0) is 13.8 Å². The van der Waals surface area contributed by atoms with E-state index in [0.29, 0.717) is 23.5 Å². The summed E-state index contributed by atoms with van der Waals surface area (Å²) in [4.78, 5) is 14.1. The predicted molar refractivity (Wildman–Crippen MR) is 115 cm³/mol. The molecule has 0 amide bonds. The van der Waals surface area contributed by atoms with Crippen LogP contribution in [0.15, 0.2) is 12.5 Å². The molecule has 0 aromatic carbocycles. The molecule has 3 heterocycles. The van der Waals surface area contributed by atoms with Gasteiger partial charge in [0, 0.05) is 13.3 Å². The van der Waals surface area contributed by atoms with Crippen LogP contribution in [0.3, 0.4) is 0 Å². The number of ether oxygens (including phenoxy) is 2. The molecule has 164 valence electrons. The summed E-state index contributed by atoms with van der Waals surface area (Å²) in [5, 5.41) is 21.0. The lowest BCUT2D eigenvalue weighted by Crippen LogP contribution is -2.46. The highest BCUT2D eigenvalue weighted by molar-refractivity contribution is 6.83. The van der Waals surface area contributed by atoms with Crippen LogP contribution >= 0.6 is 0 Å². The first-order valence-electron chi connectivity index (χ1n) is 9.92. The van der Waals surface area contributed by atoms with Crippen molar-refractivity contribution < 1.29 is 24.5 Å². The molecule has 3 rings (SSSR count). The topological polar surface area (TPSA) is 111 Å². The van der Waals surface area contributed by atoms with Crippen molar-refractivity contribution in [2.75, 3.05) is 25.8 Å². The zero-order chi connectivity index (χ0) is 22.1. The monoisotopic (exact) mass is 434 g/mol. The van der Waals surface area contributed by atoms with E-state index in [9.17, 15) is 10.2 Å². The van der Waals surface area contributed by atoms with Crippen LogP contribution in [-0.2, 0) is 14.3 Å². The SMILES string of the molecule is CCONc1ncnc2c1c(C#C[Si](C)(C)C)cn2[C@@H]1OC(CO)C(O)C1(C)OC. The van der Waals surface area contributed by atoms with Gasteiger partial charge in [-0.2, -0.15) is 0 Å². The normalized spacial score (nSPS) is 26.6. The fourth-order valence-electron chi connectivity index (χ4n) is 3.43. The van der Waals surface area contributed by atoms with E-state index >= 15 is 0 Å². The van der Waals surface area contributed by atoms with E-state index in [4.69, 9.17) is 14.3 Å². The zero-order valence-corrected chi connectivity index (χ0v) is 19.3. The molecule has 0 aliphatic carbocycles. The summed E-state index contributed by atoms with van der Waals surface area (Å²) in [6.45, 7) is 10.2. The average Bonchev–Trinajstić information content (AvgIpc) is 3.20. The molecular formula is C20H30N4O5Si. The van der Waals surface area contributed by atoms with Crippen LogP contribution in [0.5, 0.6) is 0 Å². The summed E-state index contributed by atoms with van der Waals surface area (Å²) in [5.74, 6) is 3.77. The first kappa shape index (κ1) is 22.7. The van der Waals surface area contributed by atoms with Gasteiger partial charge in [-0.1, -0.05) is 25.6 Å². The third kappa shape index (κ3) is 4.09. The quantitative estimate of drug-likeness (QED) is 0.358. The number of hydrogen-bond acceptors (Lipinski definition) is 8. The number of fused-ring (bicyclic) bond motifs is 1. The maximum Gasteiger partial charge on any atom is 0.167 e. The molecular weight excluding hydrogens is 404 g/mol. The maximum absolute atomic E-state index is 10.7. The Hall–Kier alpha value is -2.00. The minimum atomic E-state index is -1.65. The number of anilines is 1. The Morgan fingerprint density at radius 3 is 2.70 bits per heavy atom. The molecule has 1 aliphatic heterocycles. The molecule has 3 N–H and O–H groups in total. The Labute approximate surface area is 177 Å². The number of hydrogen-bond donors (Lipinski definition) is 3. The van der Waals surface area contributed by atoms with Crippen LogP contribution in [-0.4, -0.2) is 71.0 Å². The highest BCUT2D eigenvalue weighted by Crippen LogP contribution is 2.43. The van der Waals surface area contributed by atoms with E-state index in [1.165, 1.54) is 13.4 Å². The van der Waals surface area contributed by atoms with Gasteiger partial charge in [-0.15, -0.1) is 5.54 Å². The minimum Gasteiger partial charge on any atom is -0.394 e. The van der Waals surface area contributed by atoms with Crippen LogP contribution in [0, 0.1) is 11.5 Å². The Bertz CT molecular complexity index is 964. The number of rotatable bonds is 6. The Balaban J connectivity index is 2.21. The van der Waals surface area contributed by atoms with E-state index in [-0.39, 0.29) is 6.61 Å². The molecule has 3 unspecified atom stereocenters. The summed E-state index contributed by atoms with van der Waals surface area (Å²) in [6, 6.07) is 0. The van der Waals surface area contributed by atoms with E-state index < -0.39 is 32.1 Å². The molecule has 0 radical (unpaired) electrons. The van der Waals surface area contributed by atoms with E-state index in [2.05, 4.69) is 46.6 Å². The molecule has 1 fully saturated rings. The largest absolute Gasteiger partial charge is 0.394 e. The van der Waals surface area contributed by atoms with Crippen molar-refractivity contribution in [2.45, 2.75) is 57.5 Å². The third-order valence-electron chi connectivity index (χ3n) is 5.10. The van der Waals surface area contributed by atoms with Crippen LogP contribution < -0.4 is 5.48 Å². The molecule has 2 aromatic heterocycles. The predicted octanol–water partition coefficient (Wildman–Crippen LogP) is 1.68. The highest BCUT2D eigenvalue weighted by Gasteiger charge is 2.54. The number of aliphatic hydroxyl groups is 2. The second kappa shape index (κ2) is 8.62. The van der Waals surface area contributed by atoms with Crippen molar-refractivity contribution in [2.24, 2.45) is 0 Å². The van der Waals surface area contributed by atoms with Gasteiger partial charge in [0.2, 0.25) is 0 Å². The Morgan fingerprint density at radius 2 is 2.10 bits per heavy atom. The second-order valence-electron chi connectivity index (χ2n) is 8.45. The molecule has 2 aromatic rings. The van der Waals surface area contributed by atoms with Crippen molar-refractivity contribution in [3.8, 4) is 11.5 Å². The maximum atomic E-state index is 10.7. The molecule has 0 bridgehead atoms. The van der Waals surface area contributed by atoms with Crippen molar-refractivity contribution in [1.29, 1.82) is 0 Å². The molecule has 1 aliphatic rings. The van der Waals surface area contributed by atoms with E-state index in [1.54, 1.807) is 11.5 Å². The van der Waals surface area contributed by atoms with Crippen LogP contribution in [0.4, 0.5) is 5.82 Å². The zero-order valence-electron chi connectivity index (χ0n) is 18.3. The highest BCUT2D eigenvalue weighted by atomic mass is 28.3. The Morgan fingerprint density at radius 1 is 1.37 bits per heavy atom. The third-order valence-corrected chi connectivity index (χ3v) is 5.98. The minimum absolute atomic E-state index is 0.329. The number of nitrogens with zero attached hydrogens (tertiary/aromatic N) is 3. The lowest BCUT2D eigenvalue weighted by molar-refractivity contribution is -0.118. The summed E-state index contributed by atoms with van der Waals surface area (Å²) >= 11 is 0. The average molecular weight is 435 g/mol. The van der Waals surface area contributed by atoms with Crippen molar-refractivity contribution in [1.82, 2.24) is 14.5 Å². The smallest absolute Gasteiger partial charge is 0.167 e. The van der Waals surface area contributed by atoms with Crippen molar-refractivity contribution >= 4 is 24.9 Å². The number of aliphatic hydroxyl groups excluding tert-OH is 2. The van der Waals surface area contributed by atoms with Gasteiger partial charge < -0.3 is 24.3 Å². The summed E-state index contributed by atoms with van der Waals surface area (Å²) < 4.78 is 13.4. The lowest BCUT2D eigenvalue weighted by atomic mass is 9.96. The summed E-state index contributed by atoms with van der Waals surface area (Å²) in [7, 11) is -0.139. The molecule has 4 atom stereocenters. The number of nitrogens with one attached hydrogen (secondary N) is 1. The van der Waals surface area contributed by atoms with Gasteiger partial charge >= 0.3 is 0 Å². The molecule has 10 heteroatoms.